The monoisotopic (exact) mass is 674 g/mol. The molecule has 0 aliphatic carbocycles. The maximum Gasteiger partial charge on any atom is 0.408 e. The van der Waals surface area contributed by atoms with Crippen molar-refractivity contribution in [2.45, 2.75) is 76.8 Å². The summed E-state index contributed by atoms with van der Waals surface area (Å²) >= 11 is 0. The number of nitrogens with one attached hydrogen (secondary N) is 4. The molecule has 3 rings (SSSR count). The number of amides is 6. The van der Waals surface area contributed by atoms with Gasteiger partial charge in [-0.15, -0.1) is 0 Å². The van der Waals surface area contributed by atoms with E-state index in [1.54, 1.807) is 39.0 Å². The Morgan fingerprint density at radius 1 is 0.917 bits per heavy atom. The average molecular weight is 675 g/mol. The molecule has 4 unspecified atom stereocenters. The van der Waals surface area contributed by atoms with Gasteiger partial charge in [-0.3, -0.25) is 24.0 Å². The highest BCUT2D eigenvalue weighted by Crippen LogP contribution is 2.25. The van der Waals surface area contributed by atoms with Gasteiger partial charge in [-0.05, 0) is 52.7 Å². The van der Waals surface area contributed by atoms with Gasteiger partial charge in [0.2, 0.25) is 29.5 Å². The molecule has 6 amide bonds. The van der Waals surface area contributed by atoms with Crippen LogP contribution in [0.25, 0.3) is 0 Å². The number of esters is 2. The van der Waals surface area contributed by atoms with E-state index in [1.807, 2.05) is 0 Å². The maximum absolute atomic E-state index is 13.5. The summed E-state index contributed by atoms with van der Waals surface area (Å²) < 4.78 is 9.80. The van der Waals surface area contributed by atoms with E-state index in [0.29, 0.717) is 12.8 Å². The molecule has 2 heterocycles. The third-order valence-electron chi connectivity index (χ3n) is 7.32. The van der Waals surface area contributed by atoms with Gasteiger partial charge in [-0.2, -0.15) is 0 Å². The molecule has 1 aromatic rings. The van der Waals surface area contributed by atoms with Crippen LogP contribution in [0.3, 0.4) is 0 Å². The third kappa shape index (κ3) is 11.0. The number of carbonyl (C=O) groups is 8. The summed E-state index contributed by atoms with van der Waals surface area (Å²) in [6.07, 6.45) is -1.06. The molecule has 17 heteroatoms. The second kappa shape index (κ2) is 16.7. The summed E-state index contributed by atoms with van der Waals surface area (Å²) in [5.74, 6) is -5.19. The smallest absolute Gasteiger partial charge is 0.408 e. The van der Waals surface area contributed by atoms with Gasteiger partial charge in [-0.1, -0.05) is 18.2 Å². The van der Waals surface area contributed by atoms with Gasteiger partial charge in [0.05, 0.1) is 18.2 Å². The second-order valence-corrected chi connectivity index (χ2v) is 12.3. The first-order valence-corrected chi connectivity index (χ1v) is 15.5. The molecule has 17 nitrogen and oxygen atoms in total. The Balaban J connectivity index is 1.45. The first kappa shape index (κ1) is 37.4. The fourth-order valence-corrected chi connectivity index (χ4v) is 5.11. The van der Waals surface area contributed by atoms with E-state index in [2.05, 4.69) is 26.0 Å². The van der Waals surface area contributed by atoms with Gasteiger partial charge in [0.25, 0.3) is 0 Å². The number of carbonyl (C=O) groups excluding carboxylic acids is 8. The Hall–Kier alpha value is -5.06. The normalized spacial score (nSPS) is 19.5. The molecule has 1 aromatic carbocycles. The van der Waals surface area contributed by atoms with Crippen molar-refractivity contribution in [2.75, 3.05) is 32.7 Å². The van der Waals surface area contributed by atoms with Crippen molar-refractivity contribution in [2.24, 2.45) is 0 Å². The Morgan fingerprint density at radius 3 is 2.27 bits per heavy atom. The molecule has 0 bridgehead atoms. The zero-order valence-electron chi connectivity index (χ0n) is 27.3. The van der Waals surface area contributed by atoms with Crippen LogP contribution in [-0.2, 0) is 38.2 Å². The Kier molecular flexibility index (Phi) is 13.0. The number of β-amino-alcohol motifs (C(OH)–C–C–N with tert-alkyl or cyclic N) is 1. The topological polar surface area (TPSA) is 230 Å². The summed E-state index contributed by atoms with van der Waals surface area (Å²) in [6, 6.07) is 4.61. The van der Waals surface area contributed by atoms with E-state index in [1.165, 1.54) is 28.9 Å². The number of aliphatic hydroxyl groups excluding tert-OH is 1. The van der Waals surface area contributed by atoms with Crippen LogP contribution >= 0.6 is 0 Å². The quantitative estimate of drug-likeness (QED) is 0.135. The minimum Gasteiger partial charge on any atom is -0.444 e. The molecule has 2 saturated heterocycles. The number of ether oxygens (including phenoxy) is 2. The van der Waals surface area contributed by atoms with Crippen LogP contribution in [0.5, 0.6) is 0 Å². The third-order valence-corrected chi connectivity index (χ3v) is 7.32. The highest BCUT2D eigenvalue weighted by Gasteiger charge is 2.44. The average Bonchev–Trinajstić information content (AvgIpc) is 3.68. The fraction of sp³-hybridized carbons (Fsp3) is 0.548. The number of rotatable bonds is 11. The molecular weight excluding hydrogens is 632 g/mol. The molecule has 4 atom stereocenters. The molecule has 0 aromatic heterocycles. The van der Waals surface area contributed by atoms with Gasteiger partial charge in [0, 0.05) is 19.5 Å². The first-order valence-electron chi connectivity index (χ1n) is 15.5. The number of likely N-dealkylation sites (tertiary alicyclic amines) is 2. The second-order valence-electron chi connectivity index (χ2n) is 12.3. The van der Waals surface area contributed by atoms with Crippen LogP contribution < -0.4 is 21.3 Å². The molecule has 0 radical (unpaired) electrons. The van der Waals surface area contributed by atoms with Crippen LogP contribution in [-0.4, -0.2) is 125 Å². The number of aliphatic hydroxyl groups is 1. The molecule has 2 aliphatic rings. The maximum atomic E-state index is 13.5. The van der Waals surface area contributed by atoms with Gasteiger partial charge in [0.1, 0.15) is 36.8 Å². The van der Waals surface area contributed by atoms with Crippen LogP contribution in [0.1, 0.15) is 57.3 Å². The van der Waals surface area contributed by atoms with Crippen molar-refractivity contribution in [1.82, 2.24) is 31.1 Å². The molecule has 5 N–H and O–H groups in total. The molecule has 0 spiro atoms. The zero-order chi connectivity index (χ0) is 35.6. The van der Waals surface area contributed by atoms with Gasteiger partial charge in [0.15, 0.2) is 0 Å². The van der Waals surface area contributed by atoms with E-state index >= 15 is 0 Å². The van der Waals surface area contributed by atoms with Crippen molar-refractivity contribution in [1.29, 1.82) is 0 Å². The van der Waals surface area contributed by atoms with E-state index in [9.17, 15) is 43.5 Å². The number of alkyl carbamates (subject to hydrolysis) is 1. The number of benzene rings is 1. The summed E-state index contributed by atoms with van der Waals surface area (Å²) in [5, 5.41) is 19.7. The Bertz CT molecular complexity index is 1400. The minimum atomic E-state index is -1.13. The predicted molar refractivity (Wildman–Crippen MR) is 166 cm³/mol. The van der Waals surface area contributed by atoms with E-state index in [0.717, 1.165) is 0 Å². The van der Waals surface area contributed by atoms with Crippen molar-refractivity contribution in [3.63, 3.8) is 0 Å². The van der Waals surface area contributed by atoms with E-state index in [4.69, 9.17) is 4.74 Å². The van der Waals surface area contributed by atoms with E-state index < -0.39 is 97.0 Å². The molecule has 2 aliphatic heterocycles. The minimum absolute atomic E-state index is 0.0955. The van der Waals surface area contributed by atoms with Crippen LogP contribution in [0.2, 0.25) is 0 Å². The predicted octanol–water partition coefficient (Wildman–Crippen LogP) is -1.42. The van der Waals surface area contributed by atoms with Crippen molar-refractivity contribution in [3.05, 3.63) is 35.9 Å². The van der Waals surface area contributed by atoms with Gasteiger partial charge < -0.3 is 45.6 Å². The summed E-state index contributed by atoms with van der Waals surface area (Å²) in [6.45, 7) is 4.87. The van der Waals surface area contributed by atoms with Crippen molar-refractivity contribution in [3.8, 4) is 0 Å². The van der Waals surface area contributed by atoms with Gasteiger partial charge in [-0.25, -0.2) is 14.4 Å². The number of nitrogens with zero attached hydrogens (tertiary/aromatic N) is 2. The zero-order valence-corrected chi connectivity index (χ0v) is 27.3. The standard InChI is InChI=1S/C31H42N6O11/c1-18(26(42)33-16-25(41)47-29(45)19-9-6-5-7-10-19)35-23(39)14-32-27(43)22-13-20(38)17-37(22)28(44)21-11-8-12-36(21)24(40)15-34-30(46)48-31(2,3)4/h5-7,9-10,18,20-22,38H,8,11-17H2,1-4H3,(H,32,43)(H,33,42)(H,34,46)(H,35,39). The fourth-order valence-electron chi connectivity index (χ4n) is 5.11. The van der Waals surface area contributed by atoms with Crippen LogP contribution in [0.4, 0.5) is 4.79 Å². The van der Waals surface area contributed by atoms with Crippen LogP contribution in [0, 0.1) is 0 Å². The van der Waals surface area contributed by atoms with Crippen LogP contribution in [0.15, 0.2) is 30.3 Å². The lowest BCUT2D eigenvalue weighted by Gasteiger charge is -2.31. The summed E-state index contributed by atoms with van der Waals surface area (Å²) in [5.41, 5.74) is -0.608. The first-order chi connectivity index (χ1) is 22.6. The van der Waals surface area contributed by atoms with E-state index in [-0.39, 0.29) is 25.1 Å². The number of hydrogen-bond acceptors (Lipinski definition) is 11. The highest BCUT2D eigenvalue weighted by atomic mass is 16.6. The lowest BCUT2D eigenvalue weighted by molar-refractivity contribution is -0.146. The highest BCUT2D eigenvalue weighted by molar-refractivity contribution is 5.98. The molecule has 0 saturated carbocycles. The SMILES string of the molecule is CC(NC(=O)CNC(=O)C1CC(O)CN1C(=O)C1CCCN1C(=O)CNC(=O)OC(C)(C)C)C(=O)NCC(=O)OC(=O)c1ccccc1. The lowest BCUT2D eigenvalue weighted by Crippen LogP contribution is -2.55. The van der Waals surface area contributed by atoms with Crippen molar-refractivity contribution < 1.29 is 52.9 Å². The molecule has 2 fully saturated rings. The number of hydrogen-bond donors (Lipinski definition) is 5. The summed E-state index contributed by atoms with van der Waals surface area (Å²) in [7, 11) is 0. The Morgan fingerprint density at radius 2 is 1.60 bits per heavy atom. The van der Waals surface area contributed by atoms with Gasteiger partial charge >= 0.3 is 18.0 Å². The Labute approximate surface area is 277 Å². The van der Waals surface area contributed by atoms with Crippen molar-refractivity contribution >= 4 is 47.6 Å². The molecule has 48 heavy (non-hydrogen) atoms. The summed E-state index contributed by atoms with van der Waals surface area (Å²) in [4.78, 5) is 103. The molecule has 262 valence electrons. The lowest BCUT2D eigenvalue weighted by atomic mass is 10.1. The largest absolute Gasteiger partial charge is 0.444 e. The molecular formula is C31H42N6O11.